The minimum absolute atomic E-state index is 0. The number of ether oxygens (including phenoxy) is 1. The number of carbonyl (C=O) groups is 1. The first-order valence-corrected chi connectivity index (χ1v) is 5.15. The predicted molar refractivity (Wildman–Crippen MR) is 60.0 cm³/mol. The number of carboxylic acid groups (broad SMARTS) is 1. The quantitative estimate of drug-likeness (QED) is 0.380. The van der Waals surface area contributed by atoms with Gasteiger partial charge in [0.2, 0.25) is 0 Å². The number of hydrogen-bond donors (Lipinski definition) is 0. The molecule has 0 spiro atoms. The molecule has 0 aliphatic heterocycles. The van der Waals surface area contributed by atoms with E-state index in [4.69, 9.17) is 0 Å². The summed E-state index contributed by atoms with van der Waals surface area (Å²) in [6.07, 6.45) is 0.498. The third-order valence-corrected chi connectivity index (χ3v) is 2.28. The van der Waals surface area contributed by atoms with Crippen LogP contribution in [0.4, 0.5) is 4.79 Å². The molecule has 0 saturated carbocycles. The van der Waals surface area contributed by atoms with E-state index in [0.29, 0.717) is 0 Å². The van der Waals surface area contributed by atoms with Gasteiger partial charge in [-0.05, 0) is 18.4 Å². The van der Waals surface area contributed by atoms with Gasteiger partial charge in [-0.2, -0.15) is 0 Å². The monoisotopic (exact) mass is 226 g/mol. The van der Waals surface area contributed by atoms with Gasteiger partial charge in [-0.1, -0.05) is 48.9 Å². The average molecular weight is 226 g/mol. The zero-order valence-corrected chi connectivity index (χ0v) is 10.5. The van der Waals surface area contributed by atoms with Gasteiger partial charge in [0.05, 0.1) is 0 Å². The zero-order chi connectivity index (χ0) is 12.0. The van der Waals surface area contributed by atoms with Gasteiger partial charge in [0.15, 0.2) is 0 Å². The molecule has 17 heavy (non-hydrogen) atoms. The van der Waals surface area contributed by atoms with Crippen molar-refractivity contribution in [2.24, 2.45) is 0 Å². The molecule has 0 radical (unpaired) electrons. The van der Waals surface area contributed by atoms with Gasteiger partial charge < -0.3 is 14.6 Å². The van der Waals surface area contributed by atoms with E-state index in [1.54, 1.807) is 0 Å². The molecule has 0 aliphatic carbocycles. The van der Waals surface area contributed by atoms with Crippen LogP contribution >= 0.6 is 0 Å². The summed E-state index contributed by atoms with van der Waals surface area (Å²) in [5.41, 5.74) is 2.07. The fraction of sp³-hybridized carbons (Fsp3) is 0.308. The molecule has 3 nitrogen and oxygen atoms in total. The van der Waals surface area contributed by atoms with E-state index in [9.17, 15) is 9.90 Å². The zero-order valence-electron chi connectivity index (χ0n) is 10.5. The molecule has 0 amide bonds. The van der Waals surface area contributed by atoms with Crippen LogP contribution in [0.2, 0.25) is 0 Å². The molecule has 86 valence electrons. The number of hydrogen-bond acceptors (Lipinski definition) is 3. The molecule has 1 aromatic carbocycles. The number of carbonyl (C=O) groups excluding carboxylic acids is 1. The normalized spacial score (nSPS) is 12.5. The molecule has 0 bridgehead atoms. The Bertz CT molecular complexity index is 374. The standard InChI is InChI=1S/C13H16O3.Li/c1-10(9-16-13(14)15)8-11(2)12-6-4-3-5-7-12;/h3-8,11H,9H2,1-2H3,(H,14,15);/q;+1/p-1/b10-8+;. The van der Waals surface area contributed by atoms with Gasteiger partial charge in [-0.25, -0.2) is 0 Å². The Morgan fingerprint density at radius 3 is 2.53 bits per heavy atom. The predicted octanol–water partition coefficient (Wildman–Crippen LogP) is -0.900. The average Bonchev–Trinajstić information content (AvgIpc) is 2.27. The molecule has 0 aromatic heterocycles. The molecule has 1 atom stereocenters. The van der Waals surface area contributed by atoms with E-state index >= 15 is 0 Å². The van der Waals surface area contributed by atoms with Gasteiger partial charge in [-0.15, -0.1) is 0 Å². The maximum atomic E-state index is 10.1. The van der Waals surface area contributed by atoms with E-state index in [1.807, 2.05) is 43.3 Å². The first-order chi connectivity index (χ1) is 7.59. The van der Waals surface area contributed by atoms with Crippen LogP contribution in [0.3, 0.4) is 0 Å². The fourth-order valence-corrected chi connectivity index (χ4v) is 1.50. The summed E-state index contributed by atoms with van der Waals surface area (Å²) in [7, 11) is 0. The van der Waals surface area contributed by atoms with E-state index in [1.165, 1.54) is 5.56 Å². The first kappa shape index (κ1) is 15.8. The van der Waals surface area contributed by atoms with Crippen molar-refractivity contribution in [1.29, 1.82) is 0 Å². The molecular weight excluding hydrogens is 211 g/mol. The molecule has 0 aliphatic rings. The molecule has 4 heteroatoms. The Kier molecular flexibility index (Phi) is 7.45. The maximum absolute atomic E-state index is 10.1. The van der Waals surface area contributed by atoms with Crippen molar-refractivity contribution in [1.82, 2.24) is 0 Å². The summed E-state index contributed by atoms with van der Waals surface area (Å²) in [6.45, 7) is 3.96. The van der Waals surface area contributed by atoms with Gasteiger partial charge in [0.1, 0.15) is 0 Å². The molecule has 0 heterocycles. The minimum Gasteiger partial charge on any atom is -0.545 e. The molecule has 0 saturated heterocycles. The number of allylic oxidation sites excluding steroid dienone is 1. The van der Waals surface area contributed by atoms with Crippen molar-refractivity contribution in [3.63, 3.8) is 0 Å². The maximum Gasteiger partial charge on any atom is 1.00 e. The van der Waals surface area contributed by atoms with E-state index in [0.717, 1.165) is 5.57 Å². The van der Waals surface area contributed by atoms with E-state index < -0.39 is 6.16 Å². The summed E-state index contributed by atoms with van der Waals surface area (Å²) in [5.74, 6) is 0.242. The van der Waals surface area contributed by atoms with Crippen molar-refractivity contribution in [3.8, 4) is 0 Å². The van der Waals surface area contributed by atoms with Crippen LogP contribution < -0.4 is 24.0 Å². The van der Waals surface area contributed by atoms with Gasteiger partial charge >= 0.3 is 18.9 Å². The topological polar surface area (TPSA) is 49.4 Å². The summed E-state index contributed by atoms with van der Waals surface area (Å²) < 4.78 is 4.38. The van der Waals surface area contributed by atoms with Crippen molar-refractivity contribution in [2.75, 3.05) is 6.61 Å². The van der Waals surface area contributed by atoms with Gasteiger partial charge in [0, 0.05) is 6.61 Å². The van der Waals surface area contributed by atoms with Crippen LogP contribution in [-0.2, 0) is 4.74 Å². The number of rotatable bonds is 4. The third-order valence-electron chi connectivity index (χ3n) is 2.28. The van der Waals surface area contributed by atoms with Crippen molar-refractivity contribution in [2.45, 2.75) is 19.8 Å². The largest absolute Gasteiger partial charge is 1.00 e. The van der Waals surface area contributed by atoms with Crippen LogP contribution in [0.5, 0.6) is 0 Å². The Hall–Kier alpha value is -1.17. The minimum atomic E-state index is -1.49. The van der Waals surface area contributed by atoms with Crippen LogP contribution in [-0.4, -0.2) is 12.8 Å². The third kappa shape index (κ3) is 6.21. The van der Waals surface area contributed by atoms with Crippen molar-refractivity contribution in [3.05, 3.63) is 47.5 Å². The van der Waals surface area contributed by atoms with Crippen molar-refractivity contribution >= 4 is 6.16 Å². The second-order valence-electron chi connectivity index (χ2n) is 3.75. The molecule has 1 unspecified atom stereocenters. The molecule has 1 aromatic rings. The van der Waals surface area contributed by atoms with Crippen LogP contribution in [0.15, 0.2) is 42.0 Å². The van der Waals surface area contributed by atoms with E-state index in [2.05, 4.69) is 11.7 Å². The van der Waals surface area contributed by atoms with Crippen molar-refractivity contribution < 1.29 is 33.5 Å². The number of benzene rings is 1. The summed E-state index contributed by atoms with van der Waals surface area (Å²) >= 11 is 0. The van der Waals surface area contributed by atoms with E-state index in [-0.39, 0.29) is 31.4 Å². The second-order valence-corrected chi connectivity index (χ2v) is 3.75. The summed E-state index contributed by atoms with van der Waals surface area (Å²) in [5, 5.41) is 10.1. The van der Waals surface area contributed by atoms with Crippen LogP contribution in [0.1, 0.15) is 25.3 Å². The second kappa shape index (κ2) is 8.00. The first-order valence-electron chi connectivity index (χ1n) is 5.15. The fourth-order valence-electron chi connectivity index (χ4n) is 1.50. The Balaban J connectivity index is 0.00000256. The molecule has 0 fully saturated rings. The molecular formula is C13H15LiO3. The Morgan fingerprint density at radius 2 is 2.00 bits per heavy atom. The smallest absolute Gasteiger partial charge is 0.545 e. The Labute approximate surface area is 114 Å². The van der Waals surface area contributed by atoms with Crippen LogP contribution in [0, 0.1) is 0 Å². The van der Waals surface area contributed by atoms with Crippen LogP contribution in [0.25, 0.3) is 0 Å². The molecule has 0 N–H and O–H groups in total. The Morgan fingerprint density at radius 1 is 1.41 bits per heavy atom. The summed E-state index contributed by atoms with van der Waals surface area (Å²) in [4.78, 5) is 10.1. The molecule has 1 rings (SSSR count). The summed E-state index contributed by atoms with van der Waals surface area (Å²) in [6, 6.07) is 9.99. The van der Waals surface area contributed by atoms with Gasteiger partial charge in [-0.3, -0.25) is 0 Å². The van der Waals surface area contributed by atoms with Gasteiger partial charge in [0.25, 0.3) is 6.16 Å². The SMILES string of the molecule is C/C(=C\C(C)c1ccccc1)COC(=O)[O-].[Li+].